The molecule has 1 heterocycles. The van der Waals surface area contributed by atoms with Gasteiger partial charge in [-0.2, -0.15) is 0 Å². The predicted octanol–water partition coefficient (Wildman–Crippen LogP) is 3.57. The van der Waals surface area contributed by atoms with Crippen molar-refractivity contribution in [2.45, 2.75) is 31.1 Å². The summed E-state index contributed by atoms with van der Waals surface area (Å²) in [7, 11) is -2.74. The van der Waals surface area contributed by atoms with Crippen molar-refractivity contribution in [3.05, 3.63) is 36.2 Å². The number of benzene rings is 1. The minimum atomic E-state index is -2.74. The molecule has 1 atom stereocenters. The van der Waals surface area contributed by atoms with Crippen LogP contribution in [0.4, 0.5) is 0 Å². The molecule has 0 spiro atoms. The Kier molecular flexibility index (Phi) is 2.93. The molecule has 0 saturated heterocycles. The molecule has 0 bridgehead atoms. The normalized spacial score (nSPS) is 15.6. The summed E-state index contributed by atoms with van der Waals surface area (Å²) >= 11 is 0. The number of hydrogen-bond donors (Lipinski definition) is 1. The third kappa shape index (κ3) is 2.38. The smallest absolute Gasteiger partial charge is 0.0703 e. The van der Waals surface area contributed by atoms with E-state index in [0.717, 1.165) is 16.3 Å². The highest BCUT2D eigenvalue weighted by atomic mass is 32.2. The standard InChI is InChI=1S/C14H18N2OS/c1-14(2,3)11-7-10-9-16-6-5-12(10)13(8-11)18(4,15)17/h5-9,15H,1-4H3. The van der Waals surface area contributed by atoms with Crippen molar-refractivity contribution in [1.29, 1.82) is 4.78 Å². The van der Waals surface area contributed by atoms with Crippen LogP contribution in [0.25, 0.3) is 10.8 Å². The van der Waals surface area contributed by atoms with Gasteiger partial charge in [0, 0.05) is 29.4 Å². The summed E-state index contributed by atoms with van der Waals surface area (Å²) in [5.41, 5.74) is 1.04. The van der Waals surface area contributed by atoms with Gasteiger partial charge in [-0.15, -0.1) is 0 Å². The average molecular weight is 262 g/mol. The summed E-state index contributed by atoms with van der Waals surface area (Å²) in [6.07, 6.45) is 4.90. The van der Waals surface area contributed by atoms with E-state index in [2.05, 4.69) is 31.8 Å². The van der Waals surface area contributed by atoms with Gasteiger partial charge in [0.25, 0.3) is 0 Å². The molecule has 96 valence electrons. The molecule has 0 aliphatic carbocycles. The summed E-state index contributed by atoms with van der Waals surface area (Å²) in [5.74, 6) is 0. The number of nitrogens with zero attached hydrogens (tertiary/aromatic N) is 1. The van der Waals surface area contributed by atoms with E-state index in [1.165, 1.54) is 6.26 Å². The van der Waals surface area contributed by atoms with Crippen LogP contribution in [0.5, 0.6) is 0 Å². The molecule has 1 aromatic carbocycles. The highest BCUT2D eigenvalue weighted by Gasteiger charge is 2.18. The third-order valence-electron chi connectivity index (χ3n) is 3.00. The molecule has 2 aromatic rings. The topological polar surface area (TPSA) is 53.8 Å². The lowest BCUT2D eigenvalue weighted by Crippen LogP contribution is -2.12. The molecule has 0 aliphatic heterocycles. The van der Waals surface area contributed by atoms with Crippen molar-refractivity contribution in [1.82, 2.24) is 4.98 Å². The number of aromatic nitrogens is 1. The number of rotatable bonds is 1. The predicted molar refractivity (Wildman–Crippen MR) is 75.5 cm³/mol. The lowest BCUT2D eigenvalue weighted by atomic mass is 9.86. The second-order valence-corrected chi connectivity index (χ2v) is 7.79. The minimum absolute atomic E-state index is 0.0382. The van der Waals surface area contributed by atoms with E-state index >= 15 is 0 Å². The molecule has 0 amide bonds. The fourth-order valence-corrected chi connectivity index (χ4v) is 2.89. The lowest BCUT2D eigenvalue weighted by molar-refractivity contribution is 0.589. The molecule has 2 rings (SSSR count). The Morgan fingerprint density at radius 2 is 1.94 bits per heavy atom. The fourth-order valence-electron chi connectivity index (χ4n) is 1.93. The molecule has 0 aliphatic rings. The van der Waals surface area contributed by atoms with Crippen LogP contribution in [0, 0.1) is 4.78 Å². The zero-order valence-electron chi connectivity index (χ0n) is 11.2. The number of hydrogen-bond acceptors (Lipinski definition) is 3. The van der Waals surface area contributed by atoms with Crippen molar-refractivity contribution in [3.63, 3.8) is 0 Å². The quantitative estimate of drug-likeness (QED) is 0.854. The number of nitrogens with one attached hydrogen (secondary N) is 1. The maximum Gasteiger partial charge on any atom is 0.0703 e. The van der Waals surface area contributed by atoms with E-state index in [1.807, 2.05) is 12.1 Å². The van der Waals surface area contributed by atoms with E-state index in [4.69, 9.17) is 4.78 Å². The van der Waals surface area contributed by atoms with Crippen LogP contribution >= 0.6 is 0 Å². The van der Waals surface area contributed by atoms with Crippen molar-refractivity contribution >= 4 is 20.5 Å². The molecule has 18 heavy (non-hydrogen) atoms. The highest BCUT2D eigenvalue weighted by molar-refractivity contribution is 7.92. The molecule has 1 unspecified atom stereocenters. The first-order chi connectivity index (χ1) is 8.19. The molecular formula is C14H18N2OS. The van der Waals surface area contributed by atoms with E-state index in [-0.39, 0.29) is 5.41 Å². The zero-order valence-corrected chi connectivity index (χ0v) is 12.0. The van der Waals surface area contributed by atoms with Gasteiger partial charge < -0.3 is 0 Å². The Morgan fingerprint density at radius 3 is 2.50 bits per heavy atom. The van der Waals surface area contributed by atoms with E-state index in [9.17, 15) is 4.21 Å². The average Bonchev–Trinajstić information content (AvgIpc) is 2.25. The lowest BCUT2D eigenvalue weighted by Gasteiger charge is -2.21. The summed E-state index contributed by atoms with van der Waals surface area (Å²) in [6, 6.07) is 5.80. The monoisotopic (exact) mass is 262 g/mol. The van der Waals surface area contributed by atoms with Crippen molar-refractivity contribution in [2.75, 3.05) is 6.26 Å². The summed E-state index contributed by atoms with van der Waals surface area (Å²) in [4.78, 5) is 4.71. The molecular weight excluding hydrogens is 244 g/mol. The molecule has 0 radical (unpaired) electrons. The van der Waals surface area contributed by atoms with Gasteiger partial charge in [-0.05, 0) is 29.2 Å². The van der Waals surface area contributed by atoms with Gasteiger partial charge >= 0.3 is 0 Å². The molecule has 1 N–H and O–H groups in total. The van der Waals surface area contributed by atoms with Crippen molar-refractivity contribution in [2.24, 2.45) is 0 Å². The van der Waals surface area contributed by atoms with Gasteiger partial charge in [0.2, 0.25) is 0 Å². The van der Waals surface area contributed by atoms with Gasteiger partial charge in [-0.25, -0.2) is 8.99 Å². The van der Waals surface area contributed by atoms with Crippen LogP contribution in [-0.2, 0) is 15.1 Å². The molecule has 4 heteroatoms. The van der Waals surface area contributed by atoms with Crippen LogP contribution in [0.15, 0.2) is 35.5 Å². The molecule has 1 aromatic heterocycles. The summed E-state index contributed by atoms with van der Waals surface area (Å²) in [5, 5.41) is 1.81. The Bertz CT molecular complexity index is 697. The Hall–Kier alpha value is -1.42. The van der Waals surface area contributed by atoms with Crippen LogP contribution in [0.1, 0.15) is 26.3 Å². The van der Waals surface area contributed by atoms with E-state index in [1.54, 1.807) is 12.4 Å². The van der Waals surface area contributed by atoms with Gasteiger partial charge in [0.05, 0.1) is 14.6 Å². The molecule has 0 fully saturated rings. The second-order valence-electron chi connectivity index (χ2n) is 5.66. The Morgan fingerprint density at radius 1 is 1.28 bits per heavy atom. The third-order valence-corrected chi connectivity index (χ3v) is 4.18. The minimum Gasteiger partial charge on any atom is -0.264 e. The van der Waals surface area contributed by atoms with Crippen LogP contribution in [0.2, 0.25) is 0 Å². The zero-order chi connectivity index (χ0) is 13.6. The van der Waals surface area contributed by atoms with Gasteiger partial charge in [0.1, 0.15) is 0 Å². The Labute approximate surface area is 108 Å². The first kappa shape index (κ1) is 13.0. The largest absolute Gasteiger partial charge is 0.264 e. The SMILES string of the molecule is CC(C)(C)c1cc(S(C)(=N)=O)c2ccncc2c1. The van der Waals surface area contributed by atoms with Crippen molar-refractivity contribution < 1.29 is 4.21 Å². The number of pyridine rings is 1. The van der Waals surface area contributed by atoms with Crippen LogP contribution in [0.3, 0.4) is 0 Å². The van der Waals surface area contributed by atoms with Gasteiger partial charge in [0.15, 0.2) is 0 Å². The summed E-state index contributed by atoms with van der Waals surface area (Å²) < 4.78 is 20.0. The summed E-state index contributed by atoms with van der Waals surface area (Å²) in [6.45, 7) is 6.32. The number of fused-ring (bicyclic) bond motifs is 1. The fraction of sp³-hybridized carbons (Fsp3) is 0.357. The maximum absolute atomic E-state index is 12.1. The second kappa shape index (κ2) is 4.05. The van der Waals surface area contributed by atoms with Crippen molar-refractivity contribution in [3.8, 4) is 0 Å². The first-order valence-electron chi connectivity index (χ1n) is 5.81. The van der Waals surface area contributed by atoms with E-state index in [0.29, 0.717) is 4.90 Å². The first-order valence-corrected chi connectivity index (χ1v) is 7.78. The molecule has 3 nitrogen and oxygen atoms in total. The van der Waals surface area contributed by atoms with Crippen LogP contribution < -0.4 is 0 Å². The van der Waals surface area contributed by atoms with Gasteiger partial charge in [-0.1, -0.05) is 20.8 Å². The maximum atomic E-state index is 12.1. The molecule has 0 saturated carbocycles. The Balaban J connectivity index is 2.90. The van der Waals surface area contributed by atoms with Gasteiger partial charge in [-0.3, -0.25) is 4.98 Å². The van der Waals surface area contributed by atoms with Crippen LogP contribution in [-0.4, -0.2) is 15.4 Å². The highest BCUT2D eigenvalue weighted by Crippen LogP contribution is 2.30. The van der Waals surface area contributed by atoms with E-state index < -0.39 is 9.73 Å².